The number of nitrogens with zero attached hydrogens (tertiary/aromatic N) is 2. The molecular weight excluding hydrogens is 130 g/mol. The van der Waals surface area contributed by atoms with Gasteiger partial charge in [0.25, 0.3) is 5.91 Å². The van der Waals surface area contributed by atoms with Crippen LogP contribution in [0.2, 0.25) is 0 Å². The molecule has 4 heteroatoms. The molecule has 4 nitrogen and oxygen atoms in total. The van der Waals surface area contributed by atoms with Crippen molar-refractivity contribution in [1.29, 1.82) is 0 Å². The zero-order valence-corrected chi connectivity index (χ0v) is 5.37. The number of hydrogen-bond donors (Lipinski definition) is 1. The molecular formula is C6H7N3O. The van der Waals surface area contributed by atoms with Gasteiger partial charge in [-0.2, -0.15) is 5.10 Å². The van der Waals surface area contributed by atoms with Crippen molar-refractivity contribution in [3.05, 3.63) is 0 Å². The average Bonchev–Trinajstić information content (AvgIpc) is 2.62. The first-order valence-electron chi connectivity index (χ1n) is 3.27. The van der Waals surface area contributed by atoms with E-state index in [0.29, 0.717) is 11.8 Å². The van der Waals surface area contributed by atoms with Crippen molar-refractivity contribution in [3.8, 4) is 0 Å². The third kappa shape index (κ3) is 0.920. The lowest BCUT2D eigenvalue weighted by Gasteiger charge is -1.87. The molecule has 2 rings (SSSR count). The highest BCUT2D eigenvalue weighted by Gasteiger charge is 2.23. The van der Waals surface area contributed by atoms with E-state index in [2.05, 4.69) is 15.5 Å². The van der Waals surface area contributed by atoms with E-state index in [1.165, 1.54) is 6.21 Å². The summed E-state index contributed by atoms with van der Waals surface area (Å²) in [4.78, 5) is 14.9. The maximum atomic E-state index is 10.8. The fourth-order valence-corrected chi connectivity index (χ4v) is 0.760. The quantitative estimate of drug-likeness (QED) is 0.530. The Bertz CT molecular complexity index is 227. The lowest BCUT2D eigenvalue weighted by atomic mass is 10.4. The summed E-state index contributed by atoms with van der Waals surface area (Å²) in [6.45, 7) is 0. The molecule has 0 bridgehead atoms. The summed E-state index contributed by atoms with van der Waals surface area (Å²) in [7, 11) is 0. The van der Waals surface area contributed by atoms with Crippen LogP contribution in [0.15, 0.2) is 10.1 Å². The standard InChI is InChI=1S/C6H7N3O/c10-6-5(3-7-9-6)8-4-1-2-4/h3-4H,1-2H2,(H,8,9,10). The zero-order chi connectivity index (χ0) is 6.97. The molecule has 0 saturated heterocycles. The maximum absolute atomic E-state index is 10.8. The SMILES string of the molecule is O=C1NN=CC1=NC1CC1. The van der Waals surface area contributed by atoms with Gasteiger partial charge in [-0.3, -0.25) is 9.79 Å². The molecule has 0 spiro atoms. The van der Waals surface area contributed by atoms with Crippen LogP contribution in [0.5, 0.6) is 0 Å². The number of carbonyl (C=O) groups excluding carboxylic acids is 1. The summed E-state index contributed by atoms with van der Waals surface area (Å²) in [6, 6.07) is 0.394. The van der Waals surface area contributed by atoms with Gasteiger partial charge in [-0.05, 0) is 12.8 Å². The lowest BCUT2D eigenvalue weighted by Crippen LogP contribution is -2.19. The van der Waals surface area contributed by atoms with Crippen molar-refractivity contribution in [2.45, 2.75) is 18.9 Å². The maximum Gasteiger partial charge on any atom is 0.291 e. The van der Waals surface area contributed by atoms with Gasteiger partial charge in [0.05, 0.1) is 12.3 Å². The molecule has 0 radical (unpaired) electrons. The molecule has 10 heavy (non-hydrogen) atoms. The minimum Gasteiger partial charge on any atom is -0.275 e. The normalized spacial score (nSPS) is 27.6. The van der Waals surface area contributed by atoms with Crippen molar-refractivity contribution >= 4 is 17.8 Å². The Morgan fingerprint density at radius 3 is 3.00 bits per heavy atom. The third-order valence-corrected chi connectivity index (χ3v) is 1.45. The van der Waals surface area contributed by atoms with Gasteiger partial charge in [-0.1, -0.05) is 0 Å². The Hall–Kier alpha value is -1.19. The first-order valence-corrected chi connectivity index (χ1v) is 3.27. The van der Waals surface area contributed by atoms with Crippen molar-refractivity contribution < 1.29 is 4.79 Å². The highest BCUT2D eigenvalue weighted by atomic mass is 16.2. The molecule has 52 valence electrons. The van der Waals surface area contributed by atoms with Crippen LogP contribution < -0.4 is 5.43 Å². The van der Waals surface area contributed by atoms with Gasteiger partial charge in [0.2, 0.25) is 0 Å². The smallest absolute Gasteiger partial charge is 0.275 e. The molecule has 1 fully saturated rings. The molecule has 0 aromatic carbocycles. The Morgan fingerprint density at radius 1 is 1.70 bits per heavy atom. The van der Waals surface area contributed by atoms with Crippen LogP contribution >= 0.6 is 0 Å². The first-order chi connectivity index (χ1) is 4.86. The van der Waals surface area contributed by atoms with Gasteiger partial charge in [-0.25, -0.2) is 5.43 Å². The van der Waals surface area contributed by atoms with E-state index < -0.39 is 0 Å². The van der Waals surface area contributed by atoms with E-state index >= 15 is 0 Å². The molecule has 0 aromatic rings. The van der Waals surface area contributed by atoms with E-state index in [4.69, 9.17) is 0 Å². The van der Waals surface area contributed by atoms with Crippen LogP contribution in [0.1, 0.15) is 12.8 Å². The third-order valence-electron chi connectivity index (χ3n) is 1.45. The van der Waals surface area contributed by atoms with Crippen LogP contribution in [0, 0.1) is 0 Å². The second-order valence-corrected chi connectivity index (χ2v) is 2.44. The number of hydrazone groups is 1. The van der Waals surface area contributed by atoms with Crippen molar-refractivity contribution in [2.75, 3.05) is 0 Å². The Labute approximate surface area is 58.0 Å². The largest absolute Gasteiger partial charge is 0.291 e. The fourth-order valence-electron chi connectivity index (χ4n) is 0.760. The van der Waals surface area contributed by atoms with Crippen LogP contribution in [0.25, 0.3) is 0 Å². The second-order valence-electron chi connectivity index (χ2n) is 2.44. The minimum absolute atomic E-state index is 0.174. The summed E-state index contributed by atoms with van der Waals surface area (Å²) in [5, 5.41) is 3.57. The molecule has 0 aromatic heterocycles. The fraction of sp³-hybridized carbons (Fsp3) is 0.500. The average molecular weight is 137 g/mol. The monoisotopic (exact) mass is 137 g/mol. The molecule has 0 atom stereocenters. The molecule has 2 aliphatic rings. The summed E-state index contributed by atoms with van der Waals surface area (Å²) in [5.74, 6) is -0.174. The molecule has 1 aliphatic heterocycles. The molecule has 1 N–H and O–H groups in total. The Kier molecular flexibility index (Phi) is 1.06. The molecule has 1 amide bonds. The number of rotatable bonds is 1. The summed E-state index contributed by atoms with van der Waals surface area (Å²) < 4.78 is 0. The van der Waals surface area contributed by atoms with Crippen LogP contribution in [-0.2, 0) is 4.79 Å². The minimum atomic E-state index is -0.174. The van der Waals surface area contributed by atoms with Crippen molar-refractivity contribution in [3.63, 3.8) is 0 Å². The number of carbonyl (C=O) groups is 1. The van der Waals surface area contributed by atoms with Gasteiger partial charge >= 0.3 is 0 Å². The number of hydrogen-bond acceptors (Lipinski definition) is 3. The number of nitrogens with one attached hydrogen (secondary N) is 1. The number of aliphatic imine (C=N–C) groups is 1. The Balaban J connectivity index is 2.14. The second kappa shape index (κ2) is 1.90. The summed E-state index contributed by atoms with van der Waals surface area (Å²) in [6.07, 6.45) is 3.70. The molecule has 1 saturated carbocycles. The summed E-state index contributed by atoms with van der Waals surface area (Å²) in [5.41, 5.74) is 2.78. The van der Waals surface area contributed by atoms with E-state index in [0.717, 1.165) is 12.8 Å². The van der Waals surface area contributed by atoms with Crippen molar-refractivity contribution in [1.82, 2.24) is 5.43 Å². The molecule has 1 aliphatic carbocycles. The van der Waals surface area contributed by atoms with Crippen LogP contribution in [0.4, 0.5) is 0 Å². The highest BCUT2D eigenvalue weighted by Crippen LogP contribution is 2.23. The van der Waals surface area contributed by atoms with Crippen molar-refractivity contribution in [2.24, 2.45) is 10.1 Å². The Morgan fingerprint density at radius 2 is 2.50 bits per heavy atom. The van der Waals surface area contributed by atoms with E-state index in [9.17, 15) is 4.79 Å². The van der Waals surface area contributed by atoms with Gasteiger partial charge in [0.15, 0.2) is 0 Å². The predicted octanol–water partition coefficient (Wildman–Crippen LogP) is -0.295. The van der Waals surface area contributed by atoms with Crippen LogP contribution in [0.3, 0.4) is 0 Å². The van der Waals surface area contributed by atoms with Gasteiger partial charge in [-0.15, -0.1) is 0 Å². The molecule has 1 heterocycles. The van der Waals surface area contributed by atoms with Crippen LogP contribution in [-0.4, -0.2) is 23.9 Å². The first kappa shape index (κ1) is 5.58. The summed E-state index contributed by atoms with van der Waals surface area (Å²) >= 11 is 0. The highest BCUT2D eigenvalue weighted by molar-refractivity contribution is 6.62. The molecule has 0 unspecified atom stereocenters. The van der Waals surface area contributed by atoms with E-state index in [-0.39, 0.29) is 5.91 Å². The topological polar surface area (TPSA) is 53.8 Å². The van der Waals surface area contributed by atoms with Gasteiger partial charge in [0, 0.05) is 0 Å². The van der Waals surface area contributed by atoms with E-state index in [1.54, 1.807) is 0 Å². The lowest BCUT2D eigenvalue weighted by molar-refractivity contribution is -0.114. The predicted molar refractivity (Wildman–Crippen MR) is 37.1 cm³/mol. The van der Waals surface area contributed by atoms with E-state index in [1.807, 2.05) is 0 Å². The van der Waals surface area contributed by atoms with Gasteiger partial charge in [0.1, 0.15) is 5.71 Å². The number of amides is 1. The zero-order valence-electron chi connectivity index (χ0n) is 5.37. The van der Waals surface area contributed by atoms with Gasteiger partial charge < -0.3 is 0 Å².